The summed E-state index contributed by atoms with van der Waals surface area (Å²) in [6, 6.07) is 0.325. The Labute approximate surface area is 135 Å². The van der Waals surface area contributed by atoms with Gasteiger partial charge in [0.2, 0.25) is 11.8 Å². The molecule has 0 spiro atoms. The van der Waals surface area contributed by atoms with Crippen molar-refractivity contribution >= 4 is 5.91 Å². The largest absolute Gasteiger partial charge is 0.341 e. The number of imidazole rings is 1. The highest BCUT2D eigenvalue weighted by Gasteiger charge is 2.24. The lowest BCUT2D eigenvalue weighted by Gasteiger charge is -2.33. The van der Waals surface area contributed by atoms with Crippen LogP contribution in [0.15, 0.2) is 23.2 Å². The first kappa shape index (κ1) is 15.7. The maximum absolute atomic E-state index is 12.4. The van der Waals surface area contributed by atoms with Crippen LogP contribution in [0.5, 0.6) is 0 Å². The molecule has 7 nitrogen and oxygen atoms in total. The first-order valence-corrected chi connectivity index (χ1v) is 8.21. The quantitative estimate of drug-likeness (QED) is 0.845. The molecule has 0 bridgehead atoms. The Bertz CT molecular complexity index is 635. The molecular weight excluding hydrogens is 294 g/mol. The Morgan fingerprint density at radius 3 is 3.04 bits per heavy atom. The minimum atomic E-state index is 0.152. The molecule has 1 aliphatic rings. The minimum absolute atomic E-state index is 0.152. The van der Waals surface area contributed by atoms with Crippen LogP contribution in [0.2, 0.25) is 0 Å². The van der Waals surface area contributed by atoms with Gasteiger partial charge in [0, 0.05) is 44.2 Å². The number of likely N-dealkylation sites (tertiary alicyclic amines) is 1. The van der Waals surface area contributed by atoms with E-state index in [1.54, 1.807) is 6.20 Å². The molecule has 0 unspecified atom stereocenters. The second-order valence-electron chi connectivity index (χ2n) is 6.35. The van der Waals surface area contributed by atoms with E-state index in [2.05, 4.69) is 19.7 Å². The number of aromatic nitrogens is 4. The maximum atomic E-state index is 12.4. The van der Waals surface area contributed by atoms with Gasteiger partial charge in [0.25, 0.3) is 0 Å². The number of carbonyl (C=O) groups is 1. The third kappa shape index (κ3) is 3.78. The predicted octanol–water partition coefficient (Wildman–Crippen LogP) is 2.19. The normalized spacial score (nSPS) is 18.6. The topological polar surface area (TPSA) is 77.0 Å². The summed E-state index contributed by atoms with van der Waals surface area (Å²) in [7, 11) is 0. The van der Waals surface area contributed by atoms with Crippen LogP contribution in [0, 0.1) is 0 Å². The van der Waals surface area contributed by atoms with Crippen LogP contribution in [0.1, 0.15) is 56.8 Å². The molecule has 2 aromatic heterocycles. The summed E-state index contributed by atoms with van der Waals surface area (Å²) in [4.78, 5) is 22.8. The summed E-state index contributed by atoms with van der Waals surface area (Å²) in [6.45, 7) is 5.61. The van der Waals surface area contributed by atoms with Crippen molar-refractivity contribution in [1.82, 2.24) is 24.6 Å². The van der Waals surface area contributed by atoms with Crippen molar-refractivity contribution in [3.8, 4) is 0 Å². The van der Waals surface area contributed by atoms with Gasteiger partial charge < -0.3 is 14.0 Å². The number of aryl methyl sites for hydroxylation is 1. The van der Waals surface area contributed by atoms with Crippen molar-refractivity contribution in [2.45, 2.75) is 51.5 Å². The summed E-state index contributed by atoms with van der Waals surface area (Å²) >= 11 is 0. The smallest absolute Gasteiger partial charge is 0.227 e. The van der Waals surface area contributed by atoms with Gasteiger partial charge in [-0.05, 0) is 12.8 Å². The first-order valence-electron chi connectivity index (χ1n) is 8.21. The van der Waals surface area contributed by atoms with E-state index < -0.39 is 0 Å². The molecule has 1 atom stereocenters. The lowest BCUT2D eigenvalue weighted by Crippen LogP contribution is -2.40. The molecule has 1 aliphatic heterocycles. The van der Waals surface area contributed by atoms with Crippen molar-refractivity contribution in [3.63, 3.8) is 0 Å². The van der Waals surface area contributed by atoms with Gasteiger partial charge in [-0.25, -0.2) is 4.98 Å². The molecule has 0 saturated carbocycles. The molecule has 0 aliphatic carbocycles. The third-order valence-corrected chi connectivity index (χ3v) is 4.25. The number of hydrogen-bond donors (Lipinski definition) is 0. The number of rotatable bonds is 5. The van der Waals surface area contributed by atoms with E-state index in [-0.39, 0.29) is 11.8 Å². The monoisotopic (exact) mass is 317 g/mol. The van der Waals surface area contributed by atoms with E-state index in [9.17, 15) is 4.79 Å². The fourth-order valence-electron chi connectivity index (χ4n) is 2.89. The summed E-state index contributed by atoms with van der Waals surface area (Å²) in [5.41, 5.74) is 0. The first-order chi connectivity index (χ1) is 11.1. The van der Waals surface area contributed by atoms with Gasteiger partial charge in [-0.1, -0.05) is 19.0 Å². The molecule has 0 radical (unpaired) electrons. The van der Waals surface area contributed by atoms with Gasteiger partial charge in [-0.3, -0.25) is 4.79 Å². The summed E-state index contributed by atoms with van der Waals surface area (Å²) in [5.74, 6) is 1.64. The minimum Gasteiger partial charge on any atom is -0.341 e. The summed E-state index contributed by atoms with van der Waals surface area (Å²) < 4.78 is 7.29. The second-order valence-corrected chi connectivity index (χ2v) is 6.35. The highest BCUT2D eigenvalue weighted by molar-refractivity contribution is 5.76. The van der Waals surface area contributed by atoms with E-state index in [0.717, 1.165) is 25.9 Å². The third-order valence-electron chi connectivity index (χ3n) is 4.25. The Morgan fingerprint density at radius 2 is 2.35 bits per heavy atom. The SMILES string of the molecule is CC(C)c1noc(CCC(=O)N2CCC[C@H](n3ccnc3)C2)n1. The Morgan fingerprint density at radius 1 is 1.48 bits per heavy atom. The van der Waals surface area contributed by atoms with Crippen LogP contribution in [0.4, 0.5) is 0 Å². The van der Waals surface area contributed by atoms with Crippen LogP contribution >= 0.6 is 0 Å². The van der Waals surface area contributed by atoms with Gasteiger partial charge in [-0.2, -0.15) is 4.98 Å². The lowest BCUT2D eigenvalue weighted by atomic mass is 10.0. The molecule has 1 fully saturated rings. The van der Waals surface area contributed by atoms with Crippen LogP contribution in [-0.2, 0) is 11.2 Å². The highest BCUT2D eigenvalue weighted by atomic mass is 16.5. The number of amides is 1. The maximum Gasteiger partial charge on any atom is 0.227 e. The predicted molar refractivity (Wildman–Crippen MR) is 83.8 cm³/mol. The van der Waals surface area contributed by atoms with E-state index >= 15 is 0 Å². The van der Waals surface area contributed by atoms with E-state index in [1.165, 1.54) is 0 Å². The average molecular weight is 317 g/mol. The molecule has 2 aromatic rings. The number of carbonyl (C=O) groups excluding carboxylic acids is 1. The van der Waals surface area contributed by atoms with E-state index in [1.807, 2.05) is 31.3 Å². The standard InChI is InChI=1S/C16H23N5O2/c1-12(2)16-18-14(23-19-16)5-6-15(22)20-8-3-4-13(10-20)21-9-7-17-11-21/h7,9,11-13H,3-6,8,10H2,1-2H3/t13-/m0/s1. The van der Waals surface area contributed by atoms with Crippen LogP contribution in [-0.4, -0.2) is 43.6 Å². The number of hydrogen-bond acceptors (Lipinski definition) is 5. The zero-order valence-electron chi connectivity index (χ0n) is 13.7. The molecule has 1 amide bonds. The average Bonchev–Trinajstić information content (AvgIpc) is 3.24. The van der Waals surface area contributed by atoms with Gasteiger partial charge >= 0.3 is 0 Å². The molecule has 124 valence electrons. The fourth-order valence-corrected chi connectivity index (χ4v) is 2.89. The Kier molecular flexibility index (Phi) is 4.73. The molecule has 7 heteroatoms. The molecular formula is C16H23N5O2. The van der Waals surface area contributed by atoms with Crippen LogP contribution in [0.3, 0.4) is 0 Å². The molecule has 0 N–H and O–H groups in total. The molecule has 3 rings (SSSR count). The van der Waals surface area contributed by atoms with E-state index in [4.69, 9.17) is 4.52 Å². The van der Waals surface area contributed by atoms with E-state index in [0.29, 0.717) is 30.6 Å². The van der Waals surface area contributed by atoms with Gasteiger partial charge in [0.1, 0.15) is 0 Å². The molecule has 1 saturated heterocycles. The molecule has 0 aromatic carbocycles. The second kappa shape index (κ2) is 6.93. The van der Waals surface area contributed by atoms with Crippen molar-refractivity contribution in [1.29, 1.82) is 0 Å². The zero-order valence-corrected chi connectivity index (χ0v) is 13.7. The van der Waals surface area contributed by atoms with Crippen molar-refractivity contribution < 1.29 is 9.32 Å². The summed E-state index contributed by atoms with van der Waals surface area (Å²) in [6.07, 6.45) is 8.59. The zero-order chi connectivity index (χ0) is 16.2. The van der Waals surface area contributed by atoms with Gasteiger partial charge in [0.05, 0.1) is 12.4 Å². The Balaban J connectivity index is 1.53. The Hall–Kier alpha value is -2.18. The van der Waals surface area contributed by atoms with Crippen molar-refractivity contribution in [2.24, 2.45) is 0 Å². The fraction of sp³-hybridized carbons (Fsp3) is 0.625. The van der Waals surface area contributed by atoms with Gasteiger partial charge in [0.15, 0.2) is 5.82 Å². The van der Waals surface area contributed by atoms with Crippen LogP contribution < -0.4 is 0 Å². The lowest BCUT2D eigenvalue weighted by molar-refractivity contribution is -0.132. The number of piperidine rings is 1. The van der Waals surface area contributed by atoms with Crippen molar-refractivity contribution in [3.05, 3.63) is 30.4 Å². The van der Waals surface area contributed by atoms with Gasteiger partial charge in [-0.15, -0.1) is 0 Å². The van der Waals surface area contributed by atoms with Crippen molar-refractivity contribution in [2.75, 3.05) is 13.1 Å². The van der Waals surface area contributed by atoms with Crippen LogP contribution in [0.25, 0.3) is 0 Å². The number of nitrogens with zero attached hydrogens (tertiary/aromatic N) is 5. The molecule has 23 heavy (non-hydrogen) atoms. The highest BCUT2D eigenvalue weighted by Crippen LogP contribution is 2.22. The molecule has 3 heterocycles. The summed E-state index contributed by atoms with van der Waals surface area (Å²) in [5, 5.41) is 3.93.